The van der Waals surface area contributed by atoms with Crippen molar-refractivity contribution in [2.24, 2.45) is 0 Å². The number of ether oxygens (including phenoxy) is 4. The summed E-state index contributed by atoms with van der Waals surface area (Å²) in [6, 6.07) is 5.16. The number of halogens is 1. The van der Waals surface area contributed by atoms with Crippen molar-refractivity contribution in [2.45, 2.75) is 39.3 Å². The fourth-order valence-electron chi connectivity index (χ4n) is 3.82. The molecule has 0 bridgehead atoms. The van der Waals surface area contributed by atoms with Crippen molar-refractivity contribution in [1.82, 2.24) is 4.57 Å². The average molecular weight is 462 g/mol. The average Bonchev–Trinajstić information content (AvgIpc) is 3.39. The van der Waals surface area contributed by atoms with E-state index in [0.717, 1.165) is 37.4 Å². The molecule has 1 saturated heterocycles. The zero-order chi connectivity index (χ0) is 23.3. The highest BCUT2D eigenvalue weighted by atomic mass is 35.5. The third-order valence-electron chi connectivity index (χ3n) is 5.50. The summed E-state index contributed by atoms with van der Waals surface area (Å²) in [7, 11) is 2.99. The monoisotopic (exact) mass is 461 g/mol. The summed E-state index contributed by atoms with van der Waals surface area (Å²) in [6.07, 6.45) is 5.04. The number of benzene rings is 1. The van der Waals surface area contributed by atoms with Crippen molar-refractivity contribution in [3.05, 3.63) is 51.8 Å². The van der Waals surface area contributed by atoms with Gasteiger partial charge in [-0.15, -0.1) is 0 Å². The number of carbonyl (C=O) groups excluding carboxylic acids is 2. The third-order valence-corrected chi connectivity index (χ3v) is 5.78. The molecule has 0 radical (unpaired) electrons. The molecule has 1 aliphatic heterocycles. The van der Waals surface area contributed by atoms with Crippen LogP contribution in [0.1, 0.15) is 40.2 Å². The van der Waals surface area contributed by atoms with Crippen LogP contribution in [0.2, 0.25) is 5.02 Å². The van der Waals surface area contributed by atoms with Gasteiger partial charge in [-0.3, -0.25) is 4.79 Å². The molecule has 172 valence electrons. The normalized spacial score (nSPS) is 15.8. The number of Topliss-reactive ketones (excluding diaryl/α,β-unsaturated/α-hetero) is 1. The van der Waals surface area contributed by atoms with E-state index in [9.17, 15) is 9.59 Å². The predicted molar refractivity (Wildman–Crippen MR) is 122 cm³/mol. The lowest BCUT2D eigenvalue weighted by Crippen LogP contribution is -2.18. The molecule has 2 heterocycles. The number of carbonyl (C=O) groups is 2. The summed E-state index contributed by atoms with van der Waals surface area (Å²) >= 11 is 6.17. The molecule has 1 aromatic carbocycles. The smallest absolute Gasteiger partial charge is 0.331 e. The fourth-order valence-corrected chi connectivity index (χ4v) is 4.11. The minimum Gasteiger partial charge on any atom is -0.493 e. The van der Waals surface area contributed by atoms with Gasteiger partial charge in [0.15, 0.2) is 18.1 Å². The number of nitrogens with zero attached hydrogens (tertiary/aromatic N) is 1. The van der Waals surface area contributed by atoms with Gasteiger partial charge in [0.05, 0.1) is 25.3 Å². The van der Waals surface area contributed by atoms with Gasteiger partial charge in [0, 0.05) is 36.2 Å². The first-order valence-corrected chi connectivity index (χ1v) is 10.8. The molecule has 3 rings (SSSR count). The minimum atomic E-state index is -0.627. The second-order valence-electron chi connectivity index (χ2n) is 7.63. The van der Waals surface area contributed by atoms with E-state index in [1.165, 1.54) is 26.4 Å². The van der Waals surface area contributed by atoms with Crippen LogP contribution >= 0.6 is 11.6 Å². The minimum absolute atomic E-state index is 0.177. The van der Waals surface area contributed by atoms with Crippen LogP contribution in [0.25, 0.3) is 6.08 Å². The van der Waals surface area contributed by atoms with Gasteiger partial charge < -0.3 is 23.5 Å². The molecule has 0 amide bonds. The van der Waals surface area contributed by atoms with Crippen molar-refractivity contribution in [3.8, 4) is 11.5 Å². The maximum Gasteiger partial charge on any atom is 0.331 e. The largest absolute Gasteiger partial charge is 0.493 e. The Morgan fingerprint density at radius 1 is 1.22 bits per heavy atom. The second-order valence-corrected chi connectivity index (χ2v) is 8.04. The highest BCUT2D eigenvalue weighted by Gasteiger charge is 2.21. The fraction of sp³-hybridized carbons (Fsp3) is 0.417. The number of aromatic nitrogens is 1. The first-order chi connectivity index (χ1) is 15.3. The first-order valence-electron chi connectivity index (χ1n) is 10.4. The number of rotatable bonds is 9. The van der Waals surface area contributed by atoms with E-state index in [-0.39, 0.29) is 18.5 Å². The van der Waals surface area contributed by atoms with Crippen LogP contribution in [-0.4, -0.2) is 49.9 Å². The second kappa shape index (κ2) is 10.7. The first kappa shape index (κ1) is 23.9. The molecule has 0 N–H and O–H groups in total. The molecule has 1 unspecified atom stereocenters. The van der Waals surface area contributed by atoms with E-state index in [4.69, 9.17) is 30.5 Å². The van der Waals surface area contributed by atoms with E-state index in [2.05, 4.69) is 4.57 Å². The summed E-state index contributed by atoms with van der Waals surface area (Å²) in [5.74, 6) is -0.0110. The zero-order valence-electron chi connectivity index (χ0n) is 18.8. The molecule has 8 heteroatoms. The SMILES string of the molecule is COc1cc(/C=C/C(=O)OCC(=O)c2cc(C)n(CC3CCCO3)c2C)cc(Cl)c1OC. The number of methoxy groups -OCH3 is 2. The van der Waals surface area contributed by atoms with Crippen molar-refractivity contribution in [1.29, 1.82) is 0 Å². The topological polar surface area (TPSA) is 76.0 Å². The van der Waals surface area contributed by atoms with E-state index in [1.807, 2.05) is 19.9 Å². The van der Waals surface area contributed by atoms with Crippen LogP contribution in [0.15, 0.2) is 24.3 Å². The Morgan fingerprint density at radius 3 is 2.66 bits per heavy atom. The van der Waals surface area contributed by atoms with Crippen LogP contribution in [0, 0.1) is 13.8 Å². The summed E-state index contributed by atoms with van der Waals surface area (Å²) < 4.78 is 23.4. The van der Waals surface area contributed by atoms with Crippen LogP contribution < -0.4 is 9.47 Å². The lowest BCUT2D eigenvalue weighted by Gasteiger charge is -2.14. The molecule has 1 aromatic heterocycles. The molecule has 1 aliphatic rings. The summed E-state index contributed by atoms with van der Waals surface area (Å²) in [4.78, 5) is 24.8. The number of hydrogen-bond donors (Lipinski definition) is 0. The Kier molecular flexibility index (Phi) is 7.99. The van der Waals surface area contributed by atoms with Crippen LogP contribution in [-0.2, 0) is 20.8 Å². The Hall–Kier alpha value is -2.77. The molecule has 0 spiro atoms. The van der Waals surface area contributed by atoms with Crippen molar-refractivity contribution in [2.75, 3.05) is 27.4 Å². The van der Waals surface area contributed by atoms with E-state index in [1.54, 1.807) is 12.1 Å². The van der Waals surface area contributed by atoms with E-state index in [0.29, 0.717) is 27.6 Å². The molecule has 1 atom stereocenters. The lowest BCUT2D eigenvalue weighted by atomic mass is 10.1. The van der Waals surface area contributed by atoms with Gasteiger partial charge >= 0.3 is 5.97 Å². The number of hydrogen-bond acceptors (Lipinski definition) is 6. The third kappa shape index (κ3) is 5.53. The molecule has 32 heavy (non-hydrogen) atoms. The van der Waals surface area contributed by atoms with Gasteiger partial charge in [0.25, 0.3) is 0 Å². The van der Waals surface area contributed by atoms with Crippen molar-refractivity contribution in [3.63, 3.8) is 0 Å². The van der Waals surface area contributed by atoms with Gasteiger partial charge in [0.1, 0.15) is 0 Å². The maximum atomic E-state index is 12.7. The maximum absolute atomic E-state index is 12.7. The van der Waals surface area contributed by atoms with Crippen LogP contribution in [0.5, 0.6) is 11.5 Å². The Bertz CT molecular complexity index is 1020. The van der Waals surface area contributed by atoms with E-state index >= 15 is 0 Å². The molecule has 1 fully saturated rings. The molecular formula is C24H28ClNO6. The lowest BCUT2D eigenvalue weighted by molar-refractivity contribution is -0.136. The number of aryl methyl sites for hydroxylation is 1. The highest BCUT2D eigenvalue weighted by Crippen LogP contribution is 2.36. The summed E-state index contributed by atoms with van der Waals surface area (Å²) in [6.45, 7) is 5.04. The standard InChI is InChI=1S/C24H28ClNO6/c1-15-10-19(16(2)26(15)13-18-6-5-9-31-18)21(27)14-32-23(28)8-7-17-11-20(25)24(30-4)22(12-17)29-3/h7-8,10-12,18H,5-6,9,13-14H2,1-4H3/b8-7+. The Balaban J connectivity index is 1.60. The number of ketones is 1. The molecule has 7 nitrogen and oxygen atoms in total. The molecular weight excluding hydrogens is 434 g/mol. The molecule has 0 saturated carbocycles. The number of esters is 1. The van der Waals surface area contributed by atoms with Gasteiger partial charge in [-0.1, -0.05) is 11.6 Å². The van der Waals surface area contributed by atoms with Gasteiger partial charge in [-0.25, -0.2) is 4.79 Å². The van der Waals surface area contributed by atoms with E-state index < -0.39 is 5.97 Å². The van der Waals surface area contributed by atoms with Crippen molar-refractivity contribution >= 4 is 29.4 Å². The summed E-state index contributed by atoms with van der Waals surface area (Å²) in [5, 5.41) is 0.355. The van der Waals surface area contributed by atoms with Gasteiger partial charge in [0.2, 0.25) is 5.78 Å². The zero-order valence-corrected chi connectivity index (χ0v) is 19.5. The Morgan fingerprint density at radius 2 is 2.00 bits per heavy atom. The summed E-state index contributed by atoms with van der Waals surface area (Å²) in [5.41, 5.74) is 3.03. The van der Waals surface area contributed by atoms with Gasteiger partial charge in [-0.2, -0.15) is 0 Å². The van der Waals surface area contributed by atoms with Crippen LogP contribution in [0.3, 0.4) is 0 Å². The predicted octanol–water partition coefficient (Wildman–Crippen LogP) is 4.39. The van der Waals surface area contributed by atoms with Gasteiger partial charge in [-0.05, 0) is 56.5 Å². The van der Waals surface area contributed by atoms with Crippen LogP contribution in [0.4, 0.5) is 0 Å². The Labute approximate surface area is 192 Å². The quantitative estimate of drug-likeness (QED) is 0.313. The highest BCUT2D eigenvalue weighted by molar-refractivity contribution is 6.32. The molecule has 0 aliphatic carbocycles. The molecule has 2 aromatic rings. The van der Waals surface area contributed by atoms with Crippen molar-refractivity contribution < 1.29 is 28.5 Å².